The van der Waals surface area contributed by atoms with Gasteiger partial charge in [-0.2, -0.15) is 0 Å². The van der Waals surface area contributed by atoms with E-state index >= 15 is 0 Å². The molecule has 22 heavy (non-hydrogen) atoms. The molecule has 1 aliphatic rings. The first-order valence-electron chi connectivity index (χ1n) is 7.18. The molecule has 2 N–H and O–H groups in total. The quantitative estimate of drug-likeness (QED) is 0.535. The molecule has 0 heterocycles. The lowest BCUT2D eigenvalue weighted by Crippen LogP contribution is -2.10. The van der Waals surface area contributed by atoms with Gasteiger partial charge in [-0.3, -0.25) is 9.59 Å². The zero-order valence-electron chi connectivity index (χ0n) is 12.3. The molecule has 112 valence electrons. The number of Topliss-reactive ketones (excluding diaryl/α,β-unsaturated/α-hetero) is 1. The van der Waals surface area contributed by atoms with Crippen LogP contribution in [0.15, 0.2) is 48.5 Å². The second-order valence-electron chi connectivity index (χ2n) is 5.54. The van der Waals surface area contributed by atoms with Crippen LogP contribution < -0.4 is 5.73 Å². The van der Waals surface area contributed by atoms with Gasteiger partial charge in [0.05, 0.1) is 13.0 Å². The number of hydrogen-bond donors (Lipinski definition) is 1. The predicted molar refractivity (Wildman–Crippen MR) is 84.2 cm³/mol. The van der Waals surface area contributed by atoms with Gasteiger partial charge in [0.25, 0.3) is 0 Å². The number of carbonyl (C=O) groups excluding carboxylic acids is 2. The third kappa shape index (κ3) is 2.72. The Morgan fingerprint density at radius 2 is 1.50 bits per heavy atom. The van der Waals surface area contributed by atoms with Crippen molar-refractivity contribution in [2.45, 2.75) is 6.42 Å². The summed E-state index contributed by atoms with van der Waals surface area (Å²) >= 11 is 0. The summed E-state index contributed by atoms with van der Waals surface area (Å²) in [6.45, 7) is 0. The molecule has 0 unspecified atom stereocenters. The van der Waals surface area contributed by atoms with Crippen molar-refractivity contribution >= 4 is 17.4 Å². The van der Waals surface area contributed by atoms with Gasteiger partial charge in [0.1, 0.15) is 0 Å². The highest BCUT2D eigenvalue weighted by molar-refractivity contribution is 6.03. The summed E-state index contributed by atoms with van der Waals surface area (Å²) < 4.78 is 4.68. The van der Waals surface area contributed by atoms with Crippen molar-refractivity contribution in [1.29, 1.82) is 0 Å². The molecule has 2 aromatic carbocycles. The number of methoxy groups -OCH3 is 1. The average Bonchev–Trinajstić information content (AvgIpc) is 3.35. The van der Waals surface area contributed by atoms with Crippen molar-refractivity contribution < 1.29 is 14.3 Å². The summed E-state index contributed by atoms with van der Waals surface area (Å²) in [5.74, 6) is -0.778. The van der Waals surface area contributed by atoms with Gasteiger partial charge in [-0.25, -0.2) is 0 Å². The summed E-state index contributed by atoms with van der Waals surface area (Å²) in [5.41, 5.74) is 9.10. The van der Waals surface area contributed by atoms with Crippen LogP contribution in [0.4, 0.5) is 5.69 Å². The molecule has 3 rings (SSSR count). The summed E-state index contributed by atoms with van der Waals surface area (Å²) in [7, 11) is 1.35. The molecular formula is C18H17NO3. The summed E-state index contributed by atoms with van der Waals surface area (Å²) in [6, 6.07) is 15.0. The van der Waals surface area contributed by atoms with E-state index in [2.05, 4.69) is 4.74 Å². The SMILES string of the molecule is COC(=O)[C@@H]1C[C@H]1C(=O)c1ccc(-c2ccc(N)cc2)cc1. The molecule has 2 aromatic rings. The van der Waals surface area contributed by atoms with Gasteiger partial charge < -0.3 is 10.5 Å². The van der Waals surface area contributed by atoms with E-state index in [9.17, 15) is 9.59 Å². The fourth-order valence-electron chi connectivity index (χ4n) is 2.61. The average molecular weight is 295 g/mol. The van der Waals surface area contributed by atoms with Crippen molar-refractivity contribution in [3.63, 3.8) is 0 Å². The monoisotopic (exact) mass is 295 g/mol. The largest absolute Gasteiger partial charge is 0.469 e. The van der Waals surface area contributed by atoms with Crippen molar-refractivity contribution in [2.24, 2.45) is 11.8 Å². The summed E-state index contributed by atoms with van der Waals surface area (Å²) in [4.78, 5) is 23.7. The zero-order valence-corrected chi connectivity index (χ0v) is 12.3. The number of hydrogen-bond acceptors (Lipinski definition) is 4. The molecule has 1 fully saturated rings. The molecule has 1 saturated carbocycles. The second kappa shape index (κ2) is 5.64. The molecule has 0 bridgehead atoms. The molecule has 1 aliphatic carbocycles. The van der Waals surface area contributed by atoms with Crippen molar-refractivity contribution in [3.8, 4) is 11.1 Å². The second-order valence-corrected chi connectivity index (χ2v) is 5.54. The number of carbonyl (C=O) groups is 2. The van der Waals surface area contributed by atoms with Gasteiger partial charge in [-0.1, -0.05) is 36.4 Å². The van der Waals surface area contributed by atoms with E-state index in [1.807, 2.05) is 36.4 Å². The Bertz CT molecular complexity index is 704. The number of nitrogens with two attached hydrogens (primary N) is 1. The number of benzene rings is 2. The van der Waals surface area contributed by atoms with Crippen LogP contribution in [0.25, 0.3) is 11.1 Å². The Morgan fingerprint density at radius 1 is 0.955 bits per heavy atom. The lowest BCUT2D eigenvalue weighted by molar-refractivity contribution is -0.142. The molecule has 0 radical (unpaired) electrons. The summed E-state index contributed by atoms with van der Waals surface area (Å²) in [5, 5.41) is 0. The standard InChI is InChI=1S/C18H17NO3/c1-22-18(21)16-10-15(16)17(20)13-4-2-11(3-5-13)12-6-8-14(19)9-7-12/h2-9,15-16H,10,19H2,1H3/t15-,16-/m1/s1. The number of esters is 1. The normalized spacial score (nSPS) is 19.5. The minimum Gasteiger partial charge on any atom is -0.469 e. The molecule has 0 aromatic heterocycles. The predicted octanol–water partition coefficient (Wildman–Crippen LogP) is 2.93. The highest BCUT2D eigenvalue weighted by atomic mass is 16.5. The van der Waals surface area contributed by atoms with Crippen LogP contribution in [0.2, 0.25) is 0 Å². The van der Waals surface area contributed by atoms with Crippen molar-refractivity contribution in [3.05, 3.63) is 54.1 Å². The first-order valence-corrected chi connectivity index (χ1v) is 7.18. The molecule has 0 aliphatic heterocycles. The van der Waals surface area contributed by atoms with Crippen LogP contribution in [-0.4, -0.2) is 18.9 Å². The molecule has 4 nitrogen and oxygen atoms in total. The van der Waals surface area contributed by atoms with E-state index < -0.39 is 0 Å². The molecule has 2 atom stereocenters. The van der Waals surface area contributed by atoms with Gasteiger partial charge in [0.15, 0.2) is 5.78 Å². The van der Waals surface area contributed by atoms with Crippen LogP contribution in [0.3, 0.4) is 0 Å². The van der Waals surface area contributed by atoms with Gasteiger partial charge in [-0.15, -0.1) is 0 Å². The van der Waals surface area contributed by atoms with Gasteiger partial charge in [-0.05, 0) is 29.7 Å². The van der Waals surface area contributed by atoms with E-state index in [1.165, 1.54) is 7.11 Å². The maximum Gasteiger partial charge on any atom is 0.309 e. The lowest BCUT2D eigenvalue weighted by Gasteiger charge is -2.04. The van der Waals surface area contributed by atoms with Gasteiger partial charge in [0.2, 0.25) is 0 Å². The smallest absolute Gasteiger partial charge is 0.309 e. The van der Waals surface area contributed by atoms with Crippen molar-refractivity contribution in [1.82, 2.24) is 0 Å². The maximum atomic E-state index is 12.3. The first kappa shape index (κ1) is 14.3. The highest BCUT2D eigenvalue weighted by Crippen LogP contribution is 2.41. The molecule has 0 saturated heterocycles. The van der Waals surface area contributed by atoms with Crippen LogP contribution in [-0.2, 0) is 9.53 Å². The first-order chi connectivity index (χ1) is 10.6. The summed E-state index contributed by atoms with van der Waals surface area (Å²) in [6.07, 6.45) is 0.589. The number of ketones is 1. The minimum atomic E-state index is -0.295. The van der Waals surface area contributed by atoms with E-state index in [-0.39, 0.29) is 23.6 Å². The topological polar surface area (TPSA) is 69.4 Å². The van der Waals surface area contributed by atoms with E-state index in [0.717, 1.165) is 16.8 Å². The fraction of sp³-hybridized carbons (Fsp3) is 0.222. The molecule has 0 spiro atoms. The number of nitrogen functional groups attached to an aromatic ring is 1. The molecular weight excluding hydrogens is 278 g/mol. The molecule has 4 heteroatoms. The Kier molecular flexibility index (Phi) is 3.67. The maximum absolute atomic E-state index is 12.3. The minimum absolute atomic E-state index is 0.0132. The number of rotatable bonds is 4. The number of anilines is 1. The van der Waals surface area contributed by atoms with E-state index in [0.29, 0.717) is 12.0 Å². The van der Waals surface area contributed by atoms with Gasteiger partial charge >= 0.3 is 5.97 Å². The van der Waals surface area contributed by atoms with Crippen LogP contribution in [0.1, 0.15) is 16.8 Å². The van der Waals surface area contributed by atoms with Crippen molar-refractivity contribution in [2.75, 3.05) is 12.8 Å². The zero-order chi connectivity index (χ0) is 15.7. The van der Waals surface area contributed by atoms with Crippen LogP contribution in [0.5, 0.6) is 0 Å². The number of ether oxygens (including phenoxy) is 1. The Balaban J connectivity index is 1.73. The van der Waals surface area contributed by atoms with Crippen LogP contribution >= 0.6 is 0 Å². The Hall–Kier alpha value is -2.62. The third-order valence-electron chi connectivity index (χ3n) is 4.04. The van der Waals surface area contributed by atoms with E-state index in [1.54, 1.807) is 12.1 Å². The van der Waals surface area contributed by atoms with Crippen LogP contribution in [0, 0.1) is 11.8 Å². The fourth-order valence-corrected chi connectivity index (χ4v) is 2.61. The lowest BCUT2D eigenvalue weighted by atomic mass is 10.0. The molecule has 0 amide bonds. The Labute approximate surface area is 128 Å². The third-order valence-corrected chi connectivity index (χ3v) is 4.04. The Morgan fingerprint density at radius 3 is 2.05 bits per heavy atom. The highest BCUT2D eigenvalue weighted by Gasteiger charge is 2.48. The van der Waals surface area contributed by atoms with Gasteiger partial charge in [0, 0.05) is 17.2 Å². The van der Waals surface area contributed by atoms with E-state index in [4.69, 9.17) is 5.73 Å².